The van der Waals surface area contributed by atoms with E-state index in [0.29, 0.717) is 6.54 Å². The van der Waals surface area contributed by atoms with Gasteiger partial charge < -0.3 is 0 Å². The molecule has 1 aromatic carbocycles. The maximum Gasteiger partial charge on any atom is 0.269 e. The Labute approximate surface area is 92.5 Å². The third kappa shape index (κ3) is 2.25. The molecule has 1 heterocycles. The second-order valence-corrected chi connectivity index (χ2v) is 3.64. The topological polar surface area (TPSA) is 61.0 Å². The van der Waals surface area contributed by atoms with Crippen molar-refractivity contribution >= 4 is 5.69 Å². The van der Waals surface area contributed by atoms with Gasteiger partial charge in [-0.2, -0.15) is 5.10 Å². The van der Waals surface area contributed by atoms with Gasteiger partial charge in [-0.1, -0.05) is 12.1 Å². The summed E-state index contributed by atoms with van der Waals surface area (Å²) in [6, 6.07) is 6.59. The molecule has 5 nitrogen and oxygen atoms in total. The van der Waals surface area contributed by atoms with Crippen molar-refractivity contribution in [1.82, 2.24) is 9.78 Å². The summed E-state index contributed by atoms with van der Waals surface area (Å²) in [4.78, 5) is 10.2. The fraction of sp³-hybridized carbons (Fsp3) is 0.182. The second kappa shape index (κ2) is 4.14. The van der Waals surface area contributed by atoms with Crippen LogP contribution < -0.4 is 0 Å². The number of non-ortho nitro benzene ring substituents is 1. The lowest BCUT2D eigenvalue weighted by atomic mass is 10.2. The van der Waals surface area contributed by atoms with Gasteiger partial charge >= 0.3 is 0 Å². The zero-order valence-corrected chi connectivity index (χ0v) is 8.83. The number of aromatic nitrogens is 2. The SMILES string of the molecule is Cc1cnn(Cc2cccc([N+](=O)[O-])c2)c1. The molecular formula is C11H11N3O2. The van der Waals surface area contributed by atoms with Crippen molar-refractivity contribution in [2.24, 2.45) is 0 Å². The highest BCUT2D eigenvalue weighted by Gasteiger charge is 2.05. The Morgan fingerprint density at radius 3 is 2.94 bits per heavy atom. The summed E-state index contributed by atoms with van der Waals surface area (Å²) >= 11 is 0. The summed E-state index contributed by atoms with van der Waals surface area (Å²) < 4.78 is 1.76. The molecule has 0 aliphatic heterocycles. The minimum absolute atomic E-state index is 0.112. The third-order valence-electron chi connectivity index (χ3n) is 2.23. The van der Waals surface area contributed by atoms with E-state index in [0.717, 1.165) is 11.1 Å². The summed E-state index contributed by atoms with van der Waals surface area (Å²) in [5, 5.41) is 14.7. The van der Waals surface area contributed by atoms with Gasteiger partial charge in [0, 0.05) is 18.3 Å². The molecule has 0 saturated heterocycles. The van der Waals surface area contributed by atoms with Gasteiger partial charge in [-0.25, -0.2) is 0 Å². The molecule has 0 fully saturated rings. The van der Waals surface area contributed by atoms with E-state index in [-0.39, 0.29) is 5.69 Å². The van der Waals surface area contributed by atoms with Gasteiger partial charge in [0.15, 0.2) is 0 Å². The van der Waals surface area contributed by atoms with Crippen LogP contribution in [-0.4, -0.2) is 14.7 Å². The summed E-state index contributed by atoms with van der Waals surface area (Å²) in [6.07, 6.45) is 3.66. The summed E-state index contributed by atoms with van der Waals surface area (Å²) in [5.74, 6) is 0. The van der Waals surface area contributed by atoms with Gasteiger partial charge in [-0.3, -0.25) is 14.8 Å². The van der Waals surface area contributed by atoms with Crippen molar-refractivity contribution in [2.45, 2.75) is 13.5 Å². The third-order valence-corrected chi connectivity index (χ3v) is 2.23. The van der Waals surface area contributed by atoms with Crippen LogP contribution in [-0.2, 0) is 6.54 Å². The van der Waals surface area contributed by atoms with Gasteiger partial charge in [0.2, 0.25) is 0 Å². The molecule has 82 valence electrons. The number of aryl methyl sites for hydroxylation is 1. The van der Waals surface area contributed by atoms with Crippen LogP contribution in [0.2, 0.25) is 0 Å². The standard InChI is InChI=1S/C11H11N3O2/c1-9-6-12-13(7-9)8-10-3-2-4-11(5-10)14(15)16/h2-7H,8H2,1H3. The molecule has 2 rings (SSSR count). The molecule has 0 amide bonds. The van der Waals surface area contributed by atoms with Gasteiger partial charge in [-0.15, -0.1) is 0 Å². The van der Waals surface area contributed by atoms with Crippen LogP contribution in [0, 0.1) is 17.0 Å². The van der Waals surface area contributed by atoms with Crippen LogP contribution in [0.25, 0.3) is 0 Å². The van der Waals surface area contributed by atoms with Gasteiger partial charge in [0.1, 0.15) is 0 Å². The number of hydrogen-bond acceptors (Lipinski definition) is 3. The van der Waals surface area contributed by atoms with E-state index in [1.54, 1.807) is 23.0 Å². The number of nitrogens with zero attached hydrogens (tertiary/aromatic N) is 3. The smallest absolute Gasteiger partial charge is 0.268 e. The lowest BCUT2D eigenvalue weighted by Gasteiger charge is -2.01. The number of nitro groups is 1. The minimum Gasteiger partial charge on any atom is -0.268 e. The molecule has 0 atom stereocenters. The molecule has 0 aliphatic rings. The molecule has 0 unspecified atom stereocenters. The van der Waals surface area contributed by atoms with Crippen LogP contribution in [0.1, 0.15) is 11.1 Å². The molecule has 2 aromatic rings. The zero-order chi connectivity index (χ0) is 11.5. The quantitative estimate of drug-likeness (QED) is 0.584. The Hall–Kier alpha value is -2.17. The Kier molecular flexibility index (Phi) is 2.68. The second-order valence-electron chi connectivity index (χ2n) is 3.64. The first kappa shape index (κ1) is 10.4. The highest BCUT2D eigenvalue weighted by atomic mass is 16.6. The molecule has 0 bridgehead atoms. The first-order valence-electron chi connectivity index (χ1n) is 4.87. The number of nitro benzene ring substituents is 1. The van der Waals surface area contributed by atoms with Gasteiger partial charge in [-0.05, 0) is 18.1 Å². The highest BCUT2D eigenvalue weighted by Crippen LogP contribution is 2.13. The van der Waals surface area contributed by atoms with Crippen LogP contribution in [0.3, 0.4) is 0 Å². The van der Waals surface area contributed by atoms with Gasteiger partial charge in [0.05, 0.1) is 17.7 Å². The predicted octanol–water partition coefficient (Wildman–Crippen LogP) is 2.15. The van der Waals surface area contributed by atoms with E-state index < -0.39 is 4.92 Å². The summed E-state index contributed by atoms with van der Waals surface area (Å²) in [7, 11) is 0. The molecule has 1 aromatic heterocycles. The Balaban J connectivity index is 2.21. The average molecular weight is 217 g/mol. The maximum atomic E-state index is 10.6. The van der Waals surface area contributed by atoms with Crippen molar-refractivity contribution in [3.63, 3.8) is 0 Å². The van der Waals surface area contributed by atoms with Crippen molar-refractivity contribution in [1.29, 1.82) is 0 Å². The molecule has 0 aliphatic carbocycles. The first-order chi connectivity index (χ1) is 7.65. The monoisotopic (exact) mass is 217 g/mol. The average Bonchev–Trinajstić information content (AvgIpc) is 2.64. The Bertz CT molecular complexity index is 519. The highest BCUT2D eigenvalue weighted by molar-refractivity contribution is 5.34. The van der Waals surface area contributed by atoms with E-state index in [1.807, 2.05) is 19.2 Å². The van der Waals surface area contributed by atoms with Crippen LogP contribution in [0.5, 0.6) is 0 Å². The van der Waals surface area contributed by atoms with Crippen molar-refractivity contribution in [3.8, 4) is 0 Å². The van der Waals surface area contributed by atoms with Crippen LogP contribution >= 0.6 is 0 Å². The lowest BCUT2D eigenvalue weighted by Crippen LogP contribution is -2.00. The van der Waals surface area contributed by atoms with E-state index in [4.69, 9.17) is 0 Å². The molecule has 16 heavy (non-hydrogen) atoms. The largest absolute Gasteiger partial charge is 0.269 e. The number of hydrogen-bond donors (Lipinski definition) is 0. The zero-order valence-electron chi connectivity index (χ0n) is 8.83. The number of benzene rings is 1. The Morgan fingerprint density at radius 1 is 1.50 bits per heavy atom. The Morgan fingerprint density at radius 2 is 2.31 bits per heavy atom. The molecule has 0 radical (unpaired) electrons. The molecule has 0 N–H and O–H groups in total. The molecule has 0 spiro atoms. The van der Waals surface area contributed by atoms with E-state index >= 15 is 0 Å². The molecular weight excluding hydrogens is 206 g/mol. The fourth-order valence-electron chi connectivity index (χ4n) is 1.51. The summed E-state index contributed by atoms with van der Waals surface area (Å²) in [5.41, 5.74) is 2.06. The van der Waals surface area contributed by atoms with Crippen molar-refractivity contribution in [2.75, 3.05) is 0 Å². The van der Waals surface area contributed by atoms with Crippen LogP contribution in [0.15, 0.2) is 36.7 Å². The normalized spacial score (nSPS) is 10.3. The van der Waals surface area contributed by atoms with Crippen LogP contribution in [0.4, 0.5) is 5.69 Å². The summed E-state index contributed by atoms with van der Waals surface area (Å²) in [6.45, 7) is 2.51. The van der Waals surface area contributed by atoms with E-state index in [1.165, 1.54) is 6.07 Å². The predicted molar refractivity (Wildman–Crippen MR) is 59.2 cm³/mol. The minimum atomic E-state index is -0.391. The maximum absolute atomic E-state index is 10.6. The molecule has 5 heteroatoms. The fourth-order valence-corrected chi connectivity index (χ4v) is 1.51. The van der Waals surface area contributed by atoms with Crippen molar-refractivity contribution in [3.05, 3.63) is 57.9 Å². The number of rotatable bonds is 3. The van der Waals surface area contributed by atoms with Gasteiger partial charge in [0.25, 0.3) is 5.69 Å². The van der Waals surface area contributed by atoms with E-state index in [2.05, 4.69) is 5.10 Å². The first-order valence-corrected chi connectivity index (χ1v) is 4.87. The lowest BCUT2D eigenvalue weighted by molar-refractivity contribution is -0.384. The van der Waals surface area contributed by atoms with Crippen molar-refractivity contribution < 1.29 is 4.92 Å². The molecule has 0 saturated carbocycles. The van der Waals surface area contributed by atoms with E-state index in [9.17, 15) is 10.1 Å².